The Morgan fingerprint density at radius 1 is 1.00 bits per heavy atom. The van der Waals surface area contributed by atoms with Crippen LogP contribution in [-0.2, 0) is 27.7 Å². The summed E-state index contributed by atoms with van der Waals surface area (Å²) in [4.78, 5) is 14.9. The van der Waals surface area contributed by atoms with Crippen LogP contribution in [0.25, 0.3) is 0 Å². The smallest absolute Gasteiger partial charge is 0.243 e. The van der Waals surface area contributed by atoms with Gasteiger partial charge in [-0.05, 0) is 68.2 Å². The summed E-state index contributed by atoms with van der Waals surface area (Å²) in [5, 5.41) is 0. The van der Waals surface area contributed by atoms with Crippen molar-refractivity contribution in [2.75, 3.05) is 26.2 Å². The van der Waals surface area contributed by atoms with Crippen molar-refractivity contribution in [1.82, 2.24) is 9.21 Å². The first-order valence-electron chi connectivity index (χ1n) is 10.1. The highest BCUT2D eigenvalue weighted by molar-refractivity contribution is 7.89. The summed E-state index contributed by atoms with van der Waals surface area (Å²) >= 11 is 0. The molecule has 0 saturated carbocycles. The molecule has 2 heterocycles. The Kier molecular flexibility index (Phi) is 5.27. The van der Waals surface area contributed by atoms with Crippen LogP contribution in [0.3, 0.4) is 0 Å². The number of likely N-dealkylation sites (tertiary alicyclic amines) is 1. The number of amides is 1. The molecule has 1 aromatic carbocycles. The number of hydrogen-bond donors (Lipinski definition) is 1. The van der Waals surface area contributed by atoms with E-state index < -0.39 is 10.0 Å². The lowest BCUT2D eigenvalue weighted by atomic mass is 9.92. The Morgan fingerprint density at radius 3 is 2.37 bits per heavy atom. The molecule has 6 nitrogen and oxygen atoms in total. The Balaban J connectivity index is 1.42. The van der Waals surface area contributed by atoms with Crippen LogP contribution >= 0.6 is 0 Å². The van der Waals surface area contributed by atoms with Crippen molar-refractivity contribution in [1.29, 1.82) is 0 Å². The standard InChI is InChI=1S/C20H29N3O3S/c21-18-9-10-22(14-18)20(24)16-7-11-23(12-8-16)27(25,26)19-6-5-15-3-1-2-4-17(15)13-19/h5-6,13,16,18H,1-4,7-12,14,21H2/t18-/m1/s1. The second-order valence-electron chi connectivity index (χ2n) is 8.15. The van der Waals surface area contributed by atoms with Crippen LogP contribution in [0.15, 0.2) is 23.1 Å². The van der Waals surface area contributed by atoms with Gasteiger partial charge in [0, 0.05) is 38.1 Å². The maximum Gasteiger partial charge on any atom is 0.243 e. The highest BCUT2D eigenvalue weighted by Crippen LogP contribution is 2.29. The van der Waals surface area contributed by atoms with Crippen LogP contribution in [0.2, 0.25) is 0 Å². The predicted molar refractivity (Wildman–Crippen MR) is 104 cm³/mol. The number of nitrogens with zero attached hydrogens (tertiary/aromatic N) is 2. The van der Waals surface area contributed by atoms with Gasteiger partial charge in [-0.3, -0.25) is 4.79 Å². The highest BCUT2D eigenvalue weighted by Gasteiger charge is 2.35. The van der Waals surface area contributed by atoms with E-state index >= 15 is 0 Å². The van der Waals surface area contributed by atoms with Crippen molar-refractivity contribution in [3.8, 4) is 0 Å². The number of carbonyl (C=O) groups excluding carboxylic acids is 1. The predicted octanol–water partition coefficient (Wildman–Crippen LogP) is 1.53. The zero-order chi connectivity index (χ0) is 19.0. The molecule has 1 aliphatic carbocycles. The van der Waals surface area contributed by atoms with Gasteiger partial charge in [0.05, 0.1) is 4.90 Å². The summed E-state index contributed by atoms with van der Waals surface area (Å²) in [6.07, 6.45) is 6.37. The van der Waals surface area contributed by atoms with Crippen LogP contribution in [0, 0.1) is 5.92 Å². The SMILES string of the molecule is N[C@@H]1CCN(C(=O)C2CCN(S(=O)(=O)c3ccc4c(c3)CCCC4)CC2)C1. The molecule has 2 aliphatic heterocycles. The summed E-state index contributed by atoms with van der Waals surface area (Å²) in [7, 11) is -3.48. The molecule has 0 bridgehead atoms. The zero-order valence-corrected chi connectivity index (χ0v) is 16.6. The number of rotatable bonds is 3. The fraction of sp³-hybridized carbons (Fsp3) is 0.650. The maximum atomic E-state index is 13.1. The van der Waals surface area contributed by atoms with E-state index in [9.17, 15) is 13.2 Å². The van der Waals surface area contributed by atoms with Crippen LogP contribution in [0.5, 0.6) is 0 Å². The molecule has 4 rings (SSSR count). The largest absolute Gasteiger partial charge is 0.341 e. The summed E-state index contributed by atoms with van der Waals surface area (Å²) < 4.78 is 27.7. The molecule has 0 aromatic heterocycles. The van der Waals surface area contributed by atoms with E-state index in [4.69, 9.17) is 5.73 Å². The molecule has 0 unspecified atom stereocenters. The number of carbonyl (C=O) groups is 1. The average molecular weight is 392 g/mol. The van der Waals surface area contributed by atoms with Crippen LogP contribution in [0.1, 0.15) is 43.2 Å². The molecule has 2 N–H and O–H groups in total. The Morgan fingerprint density at radius 2 is 1.70 bits per heavy atom. The Labute approximate surface area is 161 Å². The lowest BCUT2D eigenvalue weighted by molar-refractivity contribution is -0.135. The molecule has 0 radical (unpaired) electrons. The van der Waals surface area contributed by atoms with Gasteiger partial charge in [-0.15, -0.1) is 0 Å². The normalized spacial score (nSPS) is 24.8. The van der Waals surface area contributed by atoms with Crippen LogP contribution in [0.4, 0.5) is 0 Å². The molecule has 3 aliphatic rings. The Bertz CT molecular complexity index is 816. The molecule has 2 fully saturated rings. The molecule has 2 saturated heterocycles. The van der Waals surface area contributed by atoms with Gasteiger partial charge in [0.1, 0.15) is 0 Å². The number of fused-ring (bicyclic) bond motifs is 1. The van der Waals surface area contributed by atoms with Crippen molar-refractivity contribution in [2.24, 2.45) is 11.7 Å². The third-order valence-corrected chi connectivity index (χ3v) is 8.19. The third-order valence-electron chi connectivity index (χ3n) is 6.30. The fourth-order valence-corrected chi connectivity index (χ4v) is 6.13. The van der Waals surface area contributed by atoms with E-state index in [0.29, 0.717) is 37.4 Å². The van der Waals surface area contributed by atoms with Crippen molar-refractivity contribution in [2.45, 2.75) is 55.9 Å². The summed E-state index contributed by atoms with van der Waals surface area (Å²) in [5.41, 5.74) is 8.37. The Hall–Kier alpha value is -1.44. The minimum atomic E-state index is -3.48. The molecule has 1 atom stereocenters. The molecule has 7 heteroatoms. The number of benzene rings is 1. The molecule has 27 heavy (non-hydrogen) atoms. The third kappa shape index (κ3) is 3.77. The van der Waals surface area contributed by atoms with E-state index in [0.717, 1.165) is 32.2 Å². The summed E-state index contributed by atoms with van der Waals surface area (Å²) in [6, 6.07) is 5.68. The molecule has 1 aromatic rings. The van der Waals surface area contributed by atoms with Crippen molar-refractivity contribution >= 4 is 15.9 Å². The lowest BCUT2D eigenvalue weighted by Crippen LogP contribution is -2.44. The summed E-state index contributed by atoms with van der Waals surface area (Å²) in [5.74, 6) is 0.0686. The van der Waals surface area contributed by atoms with E-state index in [2.05, 4.69) is 0 Å². The van der Waals surface area contributed by atoms with E-state index in [1.807, 2.05) is 17.0 Å². The van der Waals surface area contributed by atoms with Gasteiger partial charge in [-0.25, -0.2) is 8.42 Å². The van der Waals surface area contributed by atoms with E-state index in [1.54, 1.807) is 10.4 Å². The monoisotopic (exact) mass is 391 g/mol. The van der Waals surface area contributed by atoms with E-state index in [-0.39, 0.29) is 17.9 Å². The molecular weight excluding hydrogens is 362 g/mol. The second kappa shape index (κ2) is 7.53. The van der Waals surface area contributed by atoms with Crippen molar-refractivity contribution in [3.63, 3.8) is 0 Å². The van der Waals surface area contributed by atoms with Gasteiger partial charge < -0.3 is 10.6 Å². The molecule has 148 valence electrons. The number of nitrogens with two attached hydrogens (primary N) is 1. The molecule has 1 amide bonds. The van der Waals surface area contributed by atoms with Gasteiger partial charge in [-0.2, -0.15) is 4.31 Å². The van der Waals surface area contributed by atoms with Crippen LogP contribution < -0.4 is 5.73 Å². The second-order valence-corrected chi connectivity index (χ2v) is 10.1. The molecular formula is C20H29N3O3S. The zero-order valence-electron chi connectivity index (χ0n) is 15.8. The van der Waals surface area contributed by atoms with Gasteiger partial charge in [-0.1, -0.05) is 6.07 Å². The van der Waals surface area contributed by atoms with Gasteiger partial charge >= 0.3 is 0 Å². The average Bonchev–Trinajstić information content (AvgIpc) is 3.13. The lowest BCUT2D eigenvalue weighted by Gasteiger charge is -2.32. The van der Waals surface area contributed by atoms with Crippen LogP contribution in [-0.4, -0.2) is 55.8 Å². The summed E-state index contributed by atoms with van der Waals surface area (Å²) in [6.45, 7) is 2.19. The van der Waals surface area contributed by atoms with Crippen molar-refractivity contribution < 1.29 is 13.2 Å². The first kappa shape index (κ1) is 18.9. The minimum absolute atomic E-state index is 0.0784. The minimum Gasteiger partial charge on any atom is -0.341 e. The van der Waals surface area contributed by atoms with Crippen molar-refractivity contribution in [3.05, 3.63) is 29.3 Å². The number of piperidine rings is 1. The van der Waals surface area contributed by atoms with E-state index in [1.165, 1.54) is 17.5 Å². The number of sulfonamides is 1. The number of hydrogen-bond acceptors (Lipinski definition) is 4. The molecule has 0 spiro atoms. The number of aryl methyl sites for hydroxylation is 2. The van der Waals surface area contributed by atoms with Gasteiger partial charge in [0.2, 0.25) is 15.9 Å². The first-order chi connectivity index (χ1) is 12.9. The van der Waals surface area contributed by atoms with Gasteiger partial charge in [0.15, 0.2) is 0 Å². The maximum absolute atomic E-state index is 13.1. The fourth-order valence-electron chi connectivity index (χ4n) is 4.61. The quantitative estimate of drug-likeness (QED) is 0.847. The van der Waals surface area contributed by atoms with Gasteiger partial charge in [0.25, 0.3) is 0 Å². The highest BCUT2D eigenvalue weighted by atomic mass is 32.2. The topological polar surface area (TPSA) is 83.7 Å². The first-order valence-corrected chi connectivity index (χ1v) is 11.6.